The molecule has 23 heavy (non-hydrogen) atoms. The summed E-state index contributed by atoms with van der Waals surface area (Å²) in [6.45, 7) is 3.98. The largest absolute Gasteiger partial charge is 0.341 e. The second-order valence-electron chi connectivity index (χ2n) is 7.89. The first kappa shape index (κ1) is 15.2. The quantitative estimate of drug-likeness (QED) is 0.847. The molecule has 0 radical (unpaired) electrons. The highest BCUT2D eigenvalue weighted by Gasteiger charge is 2.33. The van der Waals surface area contributed by atoms with Gasteiger partial charge >= 0.3 is 0 Å². The van der Waals surface area contributed by atoms with Crippen LogP contribution in [0, 0.1) is 12.8 Å². The minimum atomic E-state index is 0.391. The molecule has 2 saturated carbocycles. The van der Waals surface area contributed by atoms with Crippen LogP contribution in [0.4, 0.5) is 0 Å². The van der Waals surface area contributed by atoms with Crippen molar-refractivity contribution in [1.82, 2.24) is 14.5 Å². The molecule has 1 atom stereocenters. The van der Waals surface area contributed by atoms with Gasteiger partial charge in [0, 0.05) is 37.3 Å². The van der Waals surface area contributed by atoms with Gasteiger partial charge in [0.2, 0.25) is 5.91 Å². The molecule has 0 N–H and O–H groups in total. The van der Waals surface area contributed by atoms with E-state index in [4.69, 9.17) is 4.98 Å². The van der Waals surface area contributed by atoms with E-state index in [0.717, 1.165) is 25.9 Å². The fourth-order valence-corrected chi connectivity index (χ4v) is 4.68. The van der Waals surface area contributed by atoms with Gasteiger partial charge in [-0.1, -0.05) is 19.3 Å². The summed E-state index contributed by atoms with van der Waals surface area (Å²) in [5, 5.41) is 0. The summed E-state index contributed by atoms with van der Waals surface area (Å²) in [5.41, 5.74) is 1.27. The number of likely N-dealkylation sites (tertiary alicyclic amines) is 1. The van der Waals surface area contributed by atoms with Crippen LogP contribution in [0.15, 0.2) is 6.20 Å². The Balaban J connectivity index is 1.42. The molecule has 0 aromatic carbocycles. The maximum atomic E-state index is 12.6. The lowest BCUT2D eigenvalue weighted by Crippen LogP contribution is -2.31. The normalized spacial score (nSPS) is 26.0. The van der Waals surface area contributed by atoms with Crippen molar-refractivity contribution in [3.05, 3.63) is 17.7 Å². The van der Waals surface area contributed by atoms with Gasteiger partial charge in [0.25, 0.3) is 0 Å². The van der Waals surface area contributed by atoms with Gasteiger partial charge in [-0.25, -0.2) is 4.98 Å². The highest BCUT2D eigenvalue weighted by atomic mass is 16.2. The molecule has 126 valence electrons. The van der Waals surface area contributed by atoms with Crippen molar-refractivity contribution < 1.29 is 4.79 Å². The Hall–Kier alpha value is -1.32. The highest BCUT2D eigenvalue weighted by molar-refractivity contribution is 5.76. The lowest BCUT2D eigenvalue weighted by Gasteiger charge is -2.28. The topological polar surface area (TPSA) is 38.1 Å². The highest BCUT2D eigenvalue weighted by Crippen LogP contribution is 2.38. The third kappa shape index (κ3) is 2.92. The number of hydrogen-bond donors (Lipinski definition) is 0. The summed E-state index contributed by atoms with van der Waals surface area (Å²) in [7, 11) is 0. The van der Waals surface area contributed by atoms with Gasteiger partial charge in [-0.05, 0) is 44.9 Å². The van der Waals surface area contributed by atoms with Gasteiger partial charge in [0.15, 0.2) is 0 Å². The van der Waals surface area contributed by atoms with Crippen molar-refractivity contribution in [1.29, 1.82) is 0 Å². The lowest BCUT2D eigenvalue weighted by molar-refractivity contribution is -0.131. The molecule has 4 nitrogen and oxygen atoms in total. The zero-order valence-corrected chi connectivity index (χ0v) is 14.3. The van der Waals surface area contributed by atoms with Crippen molar-refractivity contribution in [2.45, 2.75) is 76.7 Å². The van der Waals surface area contributed by atoms with E-state index >= 15 is 0 Å². The summed E-state index contributed by atoms with van der Waals surface area (Å²) in [6.07, 6.45) is 13.0. The number of nitrogens with zero attached hydrogens (tertiary/aromatic N) is 3. The lowest BCUT2D eigenvalue weighted by atomic mass is 9.84. The van der Waals surface area contributed by atoms with Gasteiger partial charge in [-0.3, -0.25) is 4.79 Å². The maximum Gasteiger partial charge on any atom is 0.222 e. The van der Waals surface area contributed by atoms with E-state index in [-0.39, 0.29) is 0 Å². The number of rotatable bonds is 4. The standard InChI is InChI=1S/C19H29N3O/c1-14-12-20-19(16-7-4-8-16)22(14)17-9-10-21(13-17)18(23)11-15-5-2-3-6-15/h12,15-17H,2-11,13H2,1H3. The van der Waals surface area contributed by atoms with Crippen LogP contribution in [-0.4, -0.2) is 33.4 Å². The Morgan fingerprint density at radius 3 is 2.65 bits per heavy atom. The zero-order chi connectivity index (χ0) is 15.8. The summed E-state index contributed by atoms with van der Waals surface area (Å²) in [4.78, 5) is 19.4. The van der Waals surface area contributed by atoms with E-state index in [1.54, 1.807) is 0 Å². The third-order valence-corrected chi connectivity index (χ3v) is 6.30. The molecular formula is C19H29N3O. The van der Waals surface area contributed by atoms with Crippen LogP contribution in [0.2, 0.25) is 0 Å². The van der Waals surface area contributed by atoms with Crippen LogP contribution < -0.4 is 0 Å². The minimum Gasteiger partial charge on any atom is -0.341 e. The van der Waals surface area contributed by atoms with E-state index in [0.29, 0.717) is 23.8 Å². The van der Waals surface area contributed by atoms with Gasteiger partial charge < -0.3 is 9.47 Å². The van der Waals surface area contributed by atoms with E-state index < -0.39 is 0 Å². The van der Waals surface area contributed by atoms with Crippen molar-refractivity contribution in [2.24, 2.45) is 5.92 Å². The molecule has 1 saturated heterocycles. The van der Waals surface area contributed by atoms with E-state index in [1.165, 1.54) is 56.5 Å². The van der Waals surface area contributed by atoms with Crippen LogP contribution in [0.3, 0.4) is 0 Å². The molecule has 4 heteroatoms. The van der Waals surface area contributed by atoms with Crippen LogP contribution in [0.5, 0.6) is 0 Å². The molecule has 2 heterocycles. The molecule has 1 aromatic rings. The number of hydrogen-bond acceptors (Lipinski definition) is 2. The van der Waals surface area contributed by atoms with Crippen LogP contribution in [0.1, 0.15) is 81.3 Å². The SMILES string of the molecule is Cc1cnc(C2CCC2)n1C1CCN(C(=O)CC2CCCC2)C1. The maximum absolute atomic E-state index is 12.6. The molecule has 2 aliphatic carbocycles. The molecule has 1 aromatic heterocycles. The fourth-order valence-electron chi connectivity index (χ4n) is 4.68. The molecule has 1 amide bonds. The average Bonchev–Trinajstić information content (AvgIpc) is 3.18. The molecular weight excluding hydrogens is 286 g/mol. The Morgan fingerprint density at radius 1 is 1.17 bits per heavy atom. The van der Waals surface area contributed by atoms with Gasteiger partial charge in [0.1, 0.15) is 5.82 Å². The number of aryl methyl sites for hydroxylation is 1. The summed E-state index contributed by atoms with van der Waals surface area (Å²) in [5.74, 6) is 2.99. The smallest absolute Gasteiger partial charge is 0.222 e. The fraction of sp³-hybridized carbons (Fsp3) is 0.789. The first-order valence-electron chi connectivity index (χ1n) is 9.54. The first-order chi connectivity index (χ1) is 11.2. The molecule has 0 spiro atoms. The van der Waals surface area contributed by atoms with Crippen LogP contribution in [0.25, 0.3) is 0 Å². The second kappa shape index (κ2) is 6.29. The predicted molar refractivity (Wildman–Crippen MR) is 90.4 cm³/mol. The van der Waals surface area contributed by atoms with Gasteiger partial charge in [-0.2, -0.15) is 0 Å². The van der Waals surface area contributed by atoms with E-state index in [9.17, 15) is 4.79 Å². The number of imidazole rings is 1. The molecule has 3 aliphatic rings. The molecule has 1 unspecified atom stereocenters. The second-order valence-corrected chi connectivity index (χ2v) is 7.89. The van der Waals surface area contributed by atoms with Crippen LogP contribution >= 0.6 is 0 Å². The Morgan fingerprint density at radius 2 is 1.96 bits per heavy atom. The zero-order valence-electron chi connectivity index (χ0n) is 14.3. The monoisotopic (exact) mass is 315 g/mol. The van der Waals surface area contributed by atoms with Crippen molar-refractivity contribution >= 4 is 5.91 Å². The number of aromatic nitrogens is 2. The average molecular weight is 315 g/mol. The van der Waals surface area contributed by atoms with Crippen LogP contribution in [-0.2, 0) is 4.79 Å². The third-order valence-electron chi connectivity index (χ3n) is 6.30. The van der Waals surface area contributed by atoms with Gasteiger partial charge in [-0.15, -0.1) is 0 Å². The Kier molecular flexibility index (Phi) is 4.16. The molecule has 3 fully saturated rings. The predicted octanol–water partition coefficient (Wildman–Crippen LogP) is 3.81. The van der Waals surface area contributed by atoms with Crippen molar-refractivity contribution in [2.75, 3.05) is 13.1 Å². The summed E-state index contributed by atoms with van der Waals surface area (Å²) < 4.78 is 2.45. The minimum absolute atomic E-state index is 0.391. The Labute approximate surface area is 139 Å². The van der Waals surface area contributed by atoms with Crippen molar-refractivity contribution in [3.63, 3.8) is 0 Å². The number of amides is 1. The Bertz CT molecular complexity index is 569. The molecule has 1 aliphatic heterocycles. The number of carbonyl (C=O) groups is 1. The molecule has 4 rings (SSSR count). The van der Waals surface area contributed by atoms with E-state index in [2.05, 4.69) is 16.4 Å². The molecule has 0 bridgehead atoms. The first-order valence-corrected chi connectivity index (χ1v) is 9.54. The summed E-state index contributed by atoms with van der Waals surface area (Å²) in [6, 6.07) is 0.445. The van der Waals surface area contributed by atoms with E-state index in [1.807, 2.05) is 6.20 Å². The number of carbonyl (C=O) groups excluding carboxylic acids is 1. The van der Waals surface area contributed by atoms with Crippen molar-refractivity contribution in [3.8, 4) is 0 Å². The summed E-state index contributed by atoms with van der Waals surface area (Å²) >= 11 is 0. The van der Waals surface area contributed by atoms with Gasteiger partial charge in [0.05, 0.1) is 6.04 Å².